The van der Waals surface area contributed by atoms with Gasteiger partial charge in [0.05, 0.1) is 28.9 Å². The van der Waals surface area contributed by atoms with Gasteiger partial charge in [0.15, 0.2) is 5.65 Å². The summed E-state index contributed by atoms with van der Waals surface area (Å²) < 4.78 is 2.77. The van der Waals surface area contributed by atoms with Crippen LogP contribution in [0.25, 0.3) is 11.0 Å². The summed E-state index contributed by atoms with van der Waals surface area (Å²) in [6.07, 6.45) is 4.05. The number of nitrogens with one attached hydrogen (secondary N) is 2. The number of benzene rings is 1. The number of anilines is 1. The Morgan fingerprint density at radius 3 is 2.69 bits per heavy atom. The van der Waals surface area contributed by atoms with E-state index in [1.54, 1.807) is 22.0 Å². The lowest BCUT2D eigenvalue weighted by Gasteiger charge is -2.20. The Kier molecular flexibility index (Phi) is 6.31. The third kappa shape index (κ3) is 4.40. The molecule has 1 unspecified atom stereocenters. The molecule has 2 atom stereocenters. The second kappa shape index (κ2) is 9.15. The fraction of sp³-hybridized carbons (Fsp3) is 0.364. The van der Waals surface area contributed by atoms with Gasteiger partial charge in [-0.2, -0.15) is 5.10 Å². The molecule has 9 nitrogen and oxygen atoms in total. The average molecular weight is 500 g/mol. The highest BCUT2D eigenvalue weighted by Gasteiger charge is 2.27. The topological polar surface area (TPSA) is 118 Å². The SMILES string of the molecule is CCn1ncc2c(N[C@H]3CCN(C(N)=O)C3)c(C(=O)NC(C)c3ccc(Br)cc3)cnc21. The van der Waals surface area contributed by atoms with Crippen LogP contribution in [0.3, 0.4) is 0 Å². The summed E-state index contributed by atoms with van der Waals surface area (Å²) in [7, 11) is 0. The zero-order valence-electron chi connectivity index (χ0n) is 18.0. The minimum Gasteiger partial charge on any atom is -0.379 e. The van der Waals surface area contributed by atoms with Gasteiger partial charge in [-0.3, -0.25) is 4.79 Å². The molecule has 1 aromatic carbocycles. The van der Waals surface area contributed by atoms with Crippen LogP contribution >= 0.6 is 15.9 Å². The summed E-state index contributed by atoms with van der Waals surface area (Å²) in [6.45, 7) is 5.66. The number of halogens is 1. The van der Waals surface area contributed by atoms with Crippen molar-refractivity contribution in [3.63, 3.8) is 0 Å². The van der Waals surface area contributed by atoms with Crippen LogP contribution in [-0.2, 0) is 6.54 Å². The van der Waals surface area contributed by atoms with E-state index in [1.807, 2.05) is 38.1 Å². The van der Waals surface area contributed by atoms with Crippen LogP contribution in [0.15, 0.2) is 41.1 Å². The Hall–Kier alpha value is -3.14. The summed E-state index contributed by atoms with van der Waals surface area (Å²) in [4.78, 5) is 30.9. The number of primary amides is 1. The molecular weight excluding hydrogens is 474 g/mol. The molecule has 2 aromatic heterocycles. The van der Waals surface area contributed by atoms with E-state index in [-0.39, 0.29) is 18.0 Å². The smallest absolute Gasteiger partial charge is 0.314 e. The standard InChI is InChI=1S/C22H26BrN7O2/c1-3-30-20-17(11-26-30)19(28-16-8-9-29(12-16)22(24)32)18(10-25-20)21(31)27-13(2)14-4-6-15(23)7-5-14/h4-7,10-11,13,16H,3,8-9,12H2,1-2H3,(H2,24,32)(H,25,28)(H,27,31)/t13?,16-/m0/s1. The molecule has 0 aliphatic carbocycles. The first-order chi connectivity index (χ1) is 15.4. The number of aryl methyl sites for hydroxylation is 1. The summed E-state index contributed by atoms with van der Waals surface area (Å²) in [5.41, 5.74) is 8.25. The molecule has 4 N–H and O–H groups in total. The molecule has 10 heteroatoms. The number of likely N-dealkylation sites (tertiary alicyclic amines) is 1. The zero-order valence-corrected chi connectivity index (χ0v) is 19.6. The molecule has 0 bridgehead atoms. The largest absolute Gasteiger partial charge is 0.379 e. The minimum absolute atomic E-state index is 0.0199. The Labute approximate surface area is 194 Å². The van der Waals surface area contributed by atoms with Crippen molar-refractivity contribution in [2.24, 2.45) is 5.73 Å². The molecule has 0 spiro atoms. The number of amides is 3. The number of urea groups is 1. The average Bonchev–Trinajstić information content (AvgIpc) is 3.41. The molecule has 0 saturated carbocycles. The van der Waals surface area contributed by atoms with Gasteiger partial charge in [-0.05, 0) is 38.0 Å². The van der Waals surface area contributed by atoms with Crippen LogP contribution in [0.2, 0.25) is 0 Å². The first-order valence-corrected chi connectivity index (χ1v) is 11.4. The van der Waals surface area contributed by atoms with Crippen molar-refractivity contribution in [2.75, 3.05) is 18.4 Å². The van der Waals surface area contributed by atoms with Gasteiger partial charge in [0.2, 0.25) is 0 Å². The molecule has 3 aromatic rings. The maximum Gasteiger partial charge on any atom is 0.314 e. The lowest BCUT2D eigenvalue weighted by atomic mass is 10.1. The van der Waals surface area contributed by atoms with Gasteiger partial charge in [-0.15, -0.1) is 0 Å². The Morgan fingerprint density at radius 2 is 2.03 bits per heavy atom. The molecular formula is C22H26BrN7O2. The molecule has 3 amide bonds. The van der Waals surface area contributed by atoms with Gasteiger partial charge in [0.25, 0.3) is 5.91 Å². The van der Waals surface area contributed by atoms with Gasteiger partial charge >= 0.3 is 6.03 Å². The molecule has 1 aliphatic rings. The number of rotatable bonds is 6. The number of carbonyl (C=O) groups excluding carboxylic acids is 2. The number of nitrogens with zero attached hydrogens (tertiary/aromatic N) is 4. The fourth-order valence-electron chi connectivity index (χ4n) is 3.98. The summed E-state index contributed by atoms with van der Waals surface area (Å²) in [5.74, 6) is -0.230. The number of aromatic nitrogens is 3. The second-order valence-electron chi connectivity index (χ2n) is 7.91. The van der Waals surface area contributed by atoms with Crippen molar-refractivity contribution in [3.8, 4) is 0 Å². The minimum atomic E-state index is -0.436. The molecule has 4 rings (SSSR count). The highest BCUT2D eigenvalue weighted by atomic mass is 79.9. The Morgan fingerprint density at radius 1 is 1.28 bits per heavy atom. The molecule has 3 heterocycles. The summed E-state index contributed by atoms with van der Waals surface area (Å²) in [6, 6.07) is 7.19. The lowest BCUT2D eigenvalue weighted by Crippen LogP contribution is -2.35. The maximum absolute atomic E-state index is 13.3. The fourth-order valence-corrected chi connectivity index (χ4v) is 4.24. The van der Waals surface area contributed by atoms with E-state index in [9.17, 15) is 9.59 Å². The highest BCUT2D eigenvalue weighted by molar-refractivity contribution is 9.10. The van der Waals surface area contributed by atoms with Crippen molar-refractivity contribution < 1.29 is 9.59 Å². The van der Waals surface area contributed by atoms with E-state index >= 15 is 0 Å². The normalized spacial score (nSPS) is 16.8. The van der Waals surface area contributed by atoms with Crippen molar-refractivity contribution >= 4 is 44.6 Å². The Balaban J connectivity index is 1.64. The van der Waals surface area contributed by atoms with Crippen LogP contribution in [0.1, 0.15) is 42.2 Å². The van der Waals surface area contributed by atoms with E-state index in [4.69, 9.17) is 5.73 Å². The van der Waals surface area contributed by atoms with Crippen LogP contribution < -0.4 is 16.4 Å². The van der Waals surface area contributed by atoms with Crippen LogP contribution in [0.5, 0.6) is 0 Å². The quantitative estimate of drug-likeness (QED) is 0.480. The van der Waals surface area contributed by atoms with Crippen LogP contribution in [0, 0.1) is 0 Å². The first kappa shape index (κ1) is 22.1. The monoisotopic (exact) mass is 499 g/mol. The van der Waals surface area contributed by atoms with Gasteiger partial charge < -0.3 is 21.3 Å². The molecule has 32 heavy (non-hydrogen) atoms. The third-order valence-corrected chi connectivity index (χ3v) is 6.31. The van der Waals surface area contributed by atoms with Crippen molar-refractivity contribution in [1.29, 1.82) is 0 Å². The Bertz CT molecular complexity index is 1150. The van der Waals surface area contributed by atoms with Crippen LogP contribution in [0.4, 0.5) is 10.5 Å². The number of carbonyl (C=O) groups is 2. The summed E-state index contributed by atoms with van der Waals surface area (Å²) >= 11 is 3.43. The molecule has 1 fully saturated rings. The van der Waals surface area contributed by atoms with Crippen molar-refractivity contribution in [1.82, 2.24) is 25.0 Å². The molecule has 0 radical (unpaired) electrons. The second-order valence-corrected chi connectivity index (χ2v) is 8.82. The number of hydrogen-bond donors (Lipinski definition) is 3. The van der Waals surface area contributed by atoms with E-state index < -0.39 is 6.03 Å². The lowest BCUT2D eigenvalue weighted by molar-refractivity contribution is 0.0940. The van der Waals surface area contributed by atoms with E-state index in [0.717, 1.165) is 21.8 Å². The van der Waals surface area contributed by atoms with E-state index in [0.29, 0.717) is 36.5 Å². The van der Waals surface area contributed by atoms with Crippen molar-refractivity contribution in [3.05, 3.63) is 52.3 Å². The van der Waals surface area contributed by atoms with Gasteiger partial charge in [0.1, 0.15) is 0 Å². The van der Waals surface area contributed by atoms with E-state index in [1.165, 1.54) is 0 Å². The zero-order chi connectivity index (χ0) is 22.8. The first-order valence-electron chi connectivity index (χ1n) is 10.6. The third-order valence-electron chi connectivity index (χ3n) is 5.78. The maximum atomic E-state index is 13.3. The predicted octanol–water partition coefficient (Wildman–Crippen LogP) is 3.27. The number of pyridine rings is 1. The number of hydrogen-bond acceptors (Lipinski definition) is 5. The van der Waals surface area contributed by atoms with Crippen LogP contribution in [-0.4, -0.2) is 50.7 Å². The molecule has 1 saturated heterocycles. The van der Waals surface area contributed by atoms with Crippen molar-refractivity contribution in [2.45, 2.75) is 38.9 Å². The number of fused-ring (bicyclic) bond motifs is 1. The van der Waals surface area contributed by atoms with E-state index in [2.05, 4.69) is 36.6 Å². The highest BCUT2D eigenvalue weighted by Crippen LogP contribution is 2.29. The summed E-state index contributed by atoms with van der Waals surface area (Å²) in [5, 5.41) is 11.7. The molecule has 168 valence electrons. The van der Waals surface area contributed by atoms with Gasteiger partial charge in [-0.25, -0.2) is 14.5 Å². The van der Waals surface area contributed by atoms with Gasteiger partial charge in [-0.1, -0.05) is 28.1 Å². The van der Waals surface area contributed by atoms with Gasteiger partial charge in [0, 0.05) is 36.3 Å². The molecule has 1 aliphatic heterocycles. The predicted molar refractivity (Wildman–Crippen MR) is 126 cm³/mol. The number of nitrogens with two attached hydrogens (primary N) is 1.